The monoisotopic (exact) mass is 462 g/mol. The van der Waals surface area contributed by atoms with Crippen LogP contribution in [0.5, 0.6) is 0 Å². The van der Waals surface area contributed by atoms with Crippen LogP contribution in [0.15, 0.2) is 54.7 Å². The number of aromatic nitrogens is 1. The van der Waals surface area contributed by atoms with Crippen LogP contribution in [0.4, 0.5) is 0 Å². The summed E-state index contributed by atoms with van der Waals surface area (Å²) in [6.45, 7) is 1.63. The van der Waals surface area contributed by atoms with E-state index in [4.69, 9.17) is 4.74 Å². The van der Waals surface area contributed by atoms with Crippen molar-refractivity contribution in [1.82, 2.24) is 20.1 Å². The van der Waals surface area contributed by atoms with Gasteiger partial charge in [-0.15, -0.1) is 0 Å². The maximum atomic E-state index is 13.6. The van der Waals surface area contributed by atoms with E-state index in [1.165, 1.54) is 0 Å². The summed E-state index contributed by atoms with van der Waals surface area (Å²) >= 11 is 0. The van der Waals surface area contributed by atoms with E-state index in [0.29, 0.717) is 44.5 Å². The topological polar surface area (TPSA) is 91.8 Å². The highest BCUT2D eigenvalue weighted by molar-refractivity contribution is 5.98. The fourth-order valence-corrected chi connectivity index (χ4v) is 4.93. The van der Waals surface area contributed by atoms with Crippen LogP contribution in [0, 0.1) is 5.92 Å². The van der Waals surface area contributed by atoms with Gasteiger partial charge in [-0.1, -0.05) is 24.3 Å². The molecule has 1 atom stereocenters. The van der Waals surface area contributed by atoms with Gasteiger partial charge >= 0.3 is 0 Å². The van der Waals surface area contributed by atoms with Gasteiger partial charge < -0.3 is 15.0 Å². The van der Waals surface area contributed by atoms with Gasteiger partial charge in [0, 0.05) is 62.3 Å². The van der Waals surface area contributed by atoms with E-state index in [2.05, 4.69) is 10.3 Å². The fourth-order valence-electron chi connectivity index (χ4n) is 4.93. The normalized spacial score (nSPS) is 21.5. The van der Waals surface area contributed by atoms with Gasteiger partial charge in [-0.2, -0.15) is 0 Å². The van der Waals surface area contributed by atoms with Crippen molar-refractivity contribution >= 4 is 17.7 Å². The summed E-state index contributed by atoms with van der Waals surface area (Å²) in [5, 5.41) is 2.96. The highest BCUT2D eigenvalue weighted by Crippen LogP contribution is 2.40. The van der Waals surface area contributed by atoms with E-state index >= 15 is 0 Å². The number of nitrogens with one attached hydrogen (secondary N) is 1. The van der Waals surface area contributed by atoms with Crippen LogP contribution in [0.1, 0.15) is 41.7 Å². The number of hydrogen-bond acceptors (Lipinski definition) is 5. The Morgan fingerprint density at radius 2 is 1.76 bits per heavy atom. The zero-order valence-electron chi connectivity index (χ0n) is 19.2. The molecule has 3 fully saturated rings. The zero-order valence-corrected chi connectivity index (χ0v) is 19.2. The molecular weight excluding hydrogens is 432 g/mol. The number of piperidine rings is 1. The number of pyridine rings is 1. The smallest absolute Gasteiger partial charge is 0.256 e. The molecule has 5 rings (SSSR count). The van der Waals surface area contributed by atoms with Gasteiger partial charge in [0.15, 0.2) is 0 Å². The highest BCUT2D eigenvalue weighted by atomic mass is 16.5. The molecule has 3 aliphatic rings. The van der Waals surface area contributed by atoms with Crippen molar-refractivity contribution in [3.05, 3.63) is 66.0 Å². The Morgan fingerprint density at radius 1 is 1.03 bits per heavy atom. The summed E-state index contributed by atoms with van der Waals surface area (Å²) in [7, 11) is 0. The average molecular weight is 463 g/mol. The van der Waals surface area contributed by atoms with Crippen LogP contribution in [-0.2, 0) is 20.7 Å². The molecule has 8 nitrogen and oxygen atoms in total. The van der Waals surface area contributed by atoms with E-state index in [-0.39, 0.29) is 30.2 Å². The molecule has 1 aliphatic carbocycles. The molecule has 34 heavy (non-hydrogen) atoms. The summed E-state index contributed by atoms with van der Waals surface area (Å²) in [6, 6.07) is 14.0. The first-order chi connectivity index (χ1) is 16.6. The van der Waals surface area contributed by atoms with Gasteiger partial charge in [0.05, 0.1) is 6.61 Å². The first-order valence-electron chi connectivity index (χ1n) is 12.1. The number of carbonyl (C=O) groups is 3. The predicted octanol–water partition coefficient (Wildman–Crippen LogP) is 2.01. The molecular formula is C26H30N4O4. The van der Waals surface area contributed by atoms with Crippen molar-refractivity contribution in [2.45, 2.75) is 43.9 Å². The molecule has 1 spiro atoms. The molecule has 8 heteroatoms. The third-order valence-electron chi connectivity index (χ3n) is 6.99. The minimum absolute atomic E-state index is 0.143. The third-order valence-corrected chi connectivity index (χ3v) is 6.99. The van der Waals surface area contributed by atoms with Gasteiger partial charge in [0.2, 0.25) is 11.8 Å². The summed E-state index contributed by atoms with van der Waals surface area (Å²) in [5.41, 5.74) is 0.540. The minimum Gasteiger partial charge on any atom is -0.354 e. The van der Waals surface area contributed by atoms with Crippen LogP contribution < -0.4 is 5.32 Å². The van der Waals surface area contributed by atoms with Crippen LogP contribution in [0.3, 0.4) is 0 Å². The lowest BCUT2D eigenvalue weighted by atomic mass is 9.96. The molecule has 2 aliphatic heterocycles. The van der Waals surface area contributed by atoms with Gasteiger partial charge in [0.1, 0.15) is 11.8 Å². The molecule has 2 aromatic rings. The summed E-state index contributed by atoms with van der Waals surface area (Å²) < 4.78 is 6.23. The zero-order chi connectivity index (χ0) is 23.5. The Bertz CT molecular complexity index is 1030. The summed E-state index contributed by atoms with van der Waals surface area (Å²) in [5.74, 6) is -0.0747. The van der Waals surface area contributed by atoms with E-state index < -0.39 is 11.8 Å². The standard InChI is InChI=1S/C26H30N4O4/c31-23(28-15-11-21-8-4-5-14-27-21)22-18-34-26(30(22)25(33)19-6-2-1-3-7-19)12-16-29(17-13-26)24(32)20-9-10-20/h1-8,14,20,22H,9-13,15-18H2,(H,28,31)/t22-/m1/s1. The molecule has 178 valence electrons. The number of nitrogens with zero attached hydrogens (tertiary/aromatic N) is 3. The van der Waals surface area contributed by atoms with Crippen molar-refractivity contribution in [1.29, 1.82) is 0 Å². The number of amides is 3. The third kappa shape index (κ3) is 4.55. The Morgan fingerprint density at radius 3 is 2.44 bits per heavy atom. The summed E-state index contributed by atoms with van der Waals surface area (Å²) in [4.78, 5) is 47.2. The lowest BCUT2D eigenvalue weighted by Crippen LogP contribution is -2.60. The SMILES string of the molecule is O=C(NCCc1ccccn1)[C@H]1COC2(CCN(C(=O)C3CC3)CC2)N1C(=O)c1ccccc1. The fraction of sp³-hybridized carbons (Fsp3) is 0.462. The van der Waals surface area contributed by atoms with E-state index in [1.54, 1.807) is 23.2 Å². The average Bonchev–Trinajstić information content (AvgIpc) is 3.67. The van der Waals surface area contributed by atoms with E-state index in [1.807, 2.05) is 41.3 Å². The van der Waals surface area contributed by atoms with Crippen molar-refractivity contribution in [3.8, 4) is 0 Å². The Hall–Kier alpha value is -3.26. The summed E-state index contributed by atoms with van der Waals surface area (Å²) in [6.07, 6.45) is 5.28. The maximum absolute atomic E-state index is 13.6. The molecule has 3 amide bonds. The van der Waals surface area contributed by atoms with E-state index in [9.17, 15) is 14.4 Å². The Kier molecular flexibility index (Phi) is 6.32. The first-order valence-corrected chi connectivity index (χ1v) is 12.1. The lowest BCUT2D eigenvalue weighted by Gasteiger charge is -2.44. The number of benzene rings is 1. The molecule has 1 N–H and O–H groups in total. The second kappa shape index (κ2) is 9.54. The second-order valence-corrected chi connectivity index (χ2v) is 9.28. The van der Waals surface area contributed by atoms with Gasteiger partial charge in [-0.05, 0) is 37.1 Å². The molecule has 0 radical (unpaired) electrons. The Labute approximate surface area is 199 Å². The quantitative estimate of drug-likeness (QED) is 0.709. The molecule has 0 unspecified atom stereocenters. The van der Waals surface area contributed by atoms with Crippen LogP contribution in [0.25, 0.3) is 0 Å². The molecule has 3 heterocycles. The highest BCUT2D eigenvalue weighted by Gasteiger charge is 2.54. The first kappa shape index (κ1) is 22.5. The van der Waals surface area contributed by atoms with Crippen molar-refractivity contribution in [2.24, 2.45) is 5.92 Å². The van der Waals surface area contributed by atoms with Gasteiger partial charge in [0.25, 0.3) is 5.91 Å². The Balaban J connectivity index is 1.31. The van der Waals surface area contributed by atoms with Gasteiger partial charge in [-0.3, -0.25) is 24.3 Å². The van der Waals surface area contributed by atoms with Crippen molar-refractivity contribution in [2.75, 3.05) is 26.2 Å². The van der Waals surface area contributed by atoms with Crippen LogP contribution in [-0.4, -0.2) is 70.5 Å². The number of carbonyl (C=O) groups excluding carboxylic acids is 3. The van der Waals surface area contributed by atoms with Crippen molar-refractivity contribution < 1.29 is 19.1 Å². The number of rotatable bonds is 6. The van der Waals surface area contributed by atoms with Crippen LogP contribution in [0.2, 0.25) is 0 Å². The van der Waals surface area contributed by atoms with Crippen molar-refractivity contribution in [3.63, 3.8) is 0 Å². The lowest BCUT2D eigenvalue weighted by molar-refractivity contribution is -0.144. The molecule has 1 saturated carbocycles. The molecule has 1 aromatic carbocycles. The molecule has 0 bridgehead atoms. The number of ether oxygens (including phenoxy) is 1. The van der Waals surface area contributed by atoms with Crippen LogP contribution >= 0.6 is 0 Å². The maximum Gasteiger partial charge on any atom is 0.256 e. The number of likely N-dealkylation sites (tertiary alicyclic amines) is 1. The second-order valence-electron chi connectivity index (χ2n) is 9.28. The van der Waals surface area contributed by atoms with Gasteiger partial charge in [-0.25, -0.2) is 0 Å². The predicted molar refractivity (Wildman–Crippen MR) is 125 cm³/mol. The largest absolute Gasteiger partial charge is 0.354 e. The molecule has 1 aromatic heterocycles. The van der Waals surface area contributed by atoms with E-state index in [0.717, 1.165) is 18.5 Å². The number of hydrogen-bond donors (Lipinski definition) is 1. The minimum atomic E-state index is -0.879. The molecule has 2 saturated heterocycles.